The molecule has 1 N–H and O–H groups in total. The lowest BCUT2D eigenvalue weighted by Crippen LogP contribution is -3.00. The molecule has 0 rings (SSSR count). The van der Waals surface area contributed by atoms with E-state index in [9.17, 15) is 5.11 Å². The summed E-state index contributed by atoms with van der Waals surface area (Å²) in [6, 6.07) is 0. The zero-order valence-electron chi connectivity index (χ0n) is 29.2. The fourth-order valence-corrected chi connectivity index (χ4v) is 6.06. The Morgan fingerprint density at radius 2 is 0.643 bits per heavy atom. The van der Waals surface area contributed by atoms with Crippen molar-refractivity contribution in [2.24, 2.45) is 0 Å². The molecule has 0 aliphatic rings. The standard InChI is InChI=1S/C39H78NO.ClH/c1-4-6-8-10-12-14-16-18-20-22-24-26-28-30-32-34-36-40(3,38-39-41)37-35-33-31-29-27-25-23-21-19-17-15-13-11-9-7-5-2;/h18-21,41H,4-17,22-39H2,1-3H3;1H/q+1;/p-1/b20-18-,21-19-;. The van der Waals surface area contributed by atoms with Crippen LogP contribution in [0.25, 0.3) is 0 Å². The van der Waals surface area contributed by atoms with Crippen molar-refractivity contribution in [1.29, 1.82) is 0 Å². The Morgan fingerprint density at radius 1 is 0.381 bits per heavy atom. The van der Waals surface area contributed by atoms with Crippen LogP contribution in [0.2, 0.25) is 0 Å². The first kappa shape index (κ1) is 43.8. The third-order valence-electron chi connectivity index (χ3n) is 9.06. The van der Waals surface area contributed by atoms with E-state index in [-0.39, 0.29) is 12.4 Å². The highest BCUT2D eigenvalue weighted by molar-refractivity contribution is 4.82. The van der Waals surface area contributed by atoms with Crippen LogP contribution in [-0.4, -0.2) is 42.9 Å². The minimum absolute atomic E-state index is 0. The predicted octanol–water partition coefficient (Wildman–Crippen LogP) is 9.50. The molecular formula is C39H78ClNO. The van der Waals surface area contributed by atoms with E-state index in [1.807, 2.05) is 0 Å². The number of hydrogen-bond acceptors (Lipinski definition) is 1. The van der Waals surface area contributed by atoms with Gasteiger partial charge in [0.2, 0.25) is 0 Å². The molecule has 0 aliphatic heterocycles. The van der Waals surface area contributed by atoms with Crippen molar-refractivity contribution in [1.82, 2.24) is 0 Å². The van der Waals surface area contributed by atoms with Crippen LogP contribution in [0.5, 0.6) is 0 Å². The molecule has 0 aromatic carbocycles. The maximum atomic E-state index is 9.65. The number of rotatable bonds is 34. The van der Waals surface area contributed by atoms with Crippen molar-refractivity contribution in [2.75, 3.05) is 33.3 Å². The Balaban J connectivity index is 0. The second kappa shape index (κ2) is 36.9. The minimum atomic E-state index is 0. The van der Waals surface area contributed by atoms with E-state index in [1.54, 1.807) is 0 Å². The third-order valence-corrected chi connectivity index (χ3v) is 9.06. The van der Waals surface area contributed by atoms with Gasteiger partial charge in [0.05, 0.1) is 26.7 Å². The minimum Gasteiger partial charge on any atom is -1.00 e. The molecule has 0 aromatic rings. The van der Waals surface area contributed by atoms with E-state index in [4.69, 9.17) is 0 Å². The van der Waals surface area contributed by atoms with Crippen molar-refractivity contribution < 1.29 is 22.0 Å². The molecule has 0 saturated carbocycles. The van der Waals surface area contributed by atoms with Gasteiger partial charge >= 0.3 is 0 Å². The molecule has 252 valence electrons. The van der Waals surface area contributed by atoms with Crippen LogP contribution >= 0.6 is 0 Å². The van der Waals surface area contributed by atoms with E-state index in [1.165, 1.54) is 193 Å². The number of halogens is 1. The molecule has 0 bridgehead atoms. The SMILES string of the molecule is CCCCCCCC/C=C\CCCCCCCC[N+](C)(CCO)CCCCCCCC/C=C\CCCCCCCC.[Cl-]. The molecule has 0 spiro atoms. The van der Waals surface area contributed by atoms with E-state index in [2.05, 4.69) is 45.2 Å². The number of likely N-dealkylation sites (N-methyl/N-ethyl adjacent to an activating group) is 1. The van der Waals surface area contributed by atoms with Gasteiger partial charge < -0.3 is 22.0 Å². The highest BCUT2D eigenvalue weighted by Crippen LogP contribution is 2.15. The number of aliphatic hydroxyl groups excluding tert-OH is 1. The summed E-state index contributed by atoms with van der Waals surface area (Å²) in [7, 11) is 2.38. The fourth-order valence-electron chi connectivity index (χ4n) is 6.06. The molecule has 0 heterocycles. The maximum absolute atomic E-state index is 9.65. The van der Waals surface area contributed by atoms with Gasteiger partial charge in [-0.1, -0.05) is 141 Å². The number of aliphatic hydroxyl groups is 1. The topological polar surface area (TPSA) is 20.2 Å². The monoisotopic (exact) mass is 612 g/mol. The van der Waals surface area contributed by atoms with Crippen molar-refractivity contribution in [2.45, 2.75) is 194 Å². The molecule has 42 heavy (non-hydrogen) atoms. The first-order valence-electron chi connectivity index (χ1n) is 18.9. The summed E-state index contributed by atoms with van der Waals surface area (Å²) in [5.41, 5.74) is 0. The summed E-state index contributed by atoms with van der Waals surface area (Å²) in [5, 5.41) is 9.65. The van der Waals surface area contributed by atoms with Crippen molar-refractivity contribution in [3.8, 4) is 0 Å². The summed E-state index contributed by atoms with van der Waals surface area (Å²) < 4.78 is 1.07. The van der Waals surface area contributed by atoms with Crippen molar-refractivity contribution in [3.05, 3.63) is 24.3 Å². The average Bonchev–Trinajstić information content (AvgIpc) is 2.97. The lowest BCUT2D eigenvalue weighted by Gasteiger charge is -2.34. The van der Waals surface area contributed by atoms with E-state index in [0.29, 0.717) is 6.61 Å². The fraction of sp³-hybridized carbons (Fsp3) is 0.897. The first-order valence-corrected chi connectivity index (χ1v) is 18.9. The molecule has 0 aromatic heterocycles. The van der Waals surface area contributed by atoms with Gasteiger partial charge in [-0.25, -0.2) is 0 Å². The number of quaternary nitrogens is 1. The summed E-state index contributed by atoms with van der Waals surface area (Å²) >= 11 is 0. The molecule has 0 radical (unpaired) electrons. The van der Waals surface area contributed by atoms with Gasteiger partial charge in [-0.2, -0.15) is 0 Å². The van der Waals surface area contributed by atoms with Crippen LogP contribution in [0.15, 0.2) is 24.3 Å². The molecule has 0 unspecified atom stereocenters. The molecule has 2 nitrogen and oxygen atoms in total. The molecule has 0 fully saturated rings. The van der Waals surface area contributed by atoms with Gasteiger partial charge in [0, 0.05) is 0 Å². The lowest BCUT2D eigenvalue weighted by atomic mass is 10.1. The quantitative estimate of drug-likeness (QED) is 0.0436. The molecule has 3 heteroatoms. The van der Waals surface area contributed by atoms with Gasteiger partial charge in [0.15, 0.2) is 0 Å². The second-order valence-corrected chi connectivity index (χ2v) is 13.4. The van der Waals surface area contributed by atoms with Crippen LogP contribution in [0.3, 0.4) is 0 Å². The highest BCUT2D eigenvalue weighted by Gasteiger charge is 2.19. The summed E-state index contributed by atoms with van der Waals surface area (Å²) in [4.78, 5) is 0. The van der Waals surface area contributed by atoms with Crippen molar-refractivity contribution in [3.63, 3.8) is 0 Å². The van der Waals surface area contributed by atoms with E-state index in [0.717, 1.165) is 11.0 Å². The average molecular weight is 613 g/mol. The van der Waals surface area contributed by atoms with E-state index >= 15 is 0 Å². The Hall–Kier alpha value is -0.310. The molecule has 0 aliphatic carbocycles. The molecule has 0 saturated heterocycles. The molecular weight excluding hydrogens is 534 g/mol. The molecule has 0 amide bonds. The summed E-state index contributed by atoms with van der Waals surface area (Å²) in [6.45, 7) is 8.32. The maximum Gasteiger partial charge on any atom is 0.102 e. The normalized spacial score (nSPS) is 12.1. The van der Waals surface area contributed by atoms with Crippen LogP contribution in [0.1, 0.15) is 194 Å². The Morgan fingerprint density at radius 3 is 0.929 bits per heavy atom. The summed E-state index contributed by atoms with van der Waals surface area (Å²) in [5.74, 6) is 0. The highest BCUT2D eigenvalue weighted by atomic mass is 35.5. The zero-order chi connectivity index (χ0) is 30.0. The third kappa shape index (κ3) is 34.2. The predicted molar refractivity (Wildman–Crippen MR) is 187 cm³/mol. The van der Waals surface area contributed by atoms with Gasteiger partial charge in [-0.3, -0.25) is 0 Å². The Labute approximate surface area is 272 Å². The van der Waals surface area contributed by atoms with Crippen LogP contribution < -0.4 is 12.4 Å². The second-order valence-electron chi connectivity index (χ2n) is 13.4. The zero-order valence-corrected chi connectivity index (χ0v) is 30.0. The van der Waals surface area contributed by atoms with Crippen LogP contribution in [0.4, 0.5) is 0 Å². The number of allylic oxidation sites excluding steroid dienone is 4. The Bertz CT molecular complexity index is 505. The van der Waals surface area contributed by atoms with Crippen molar-refractivity contribution >= 4 is 0 Å². The largest absolute Gasteiger partial charge is 1.00 e. The van der Waals surface area contributed by atoms with Gasteiger partial charge in [0.1, 0.15) is 6.54 Å². The number of unbranched alkanes of at least 4 members (excludes halogenated alkanes) is 24. The Kier molecular flexibility index (Phi) is 38.5. The lowest BCUT2D eigenvalue weighted by molar-refractivity contribution is -0.910. The van der Waals surface area contributed by atoms with E-state index < -0.39 is 0 Å². The van der Waals surface area contributed by atoms with Gasteiger partial charge in [0.25, 0.3) is 0 Å². The molecule has 0 atom stereocenters. The summed E-state index contributed by atoms with van der Waals surface area (Å²) in [6.07, 6.45) is 48.1. The number of nitrogens with zero attached hydrogens (tertiary/aromatic N) is 1. The van der Waals surface area contributed by atoms with Crippen LogP contribution in [0, 0.1) is 0 Å². The van der Waals surface area contributed by atoms with Gasteiger partial charge in [-0.05, 0) is 77.0 Å². The van der Waals surface area contributed by atoms with Crippen LogP contribution in [-0.2, 0) is 0 Å². The smallest absolute Gasteiger partial charge is 0.102 e. The van der Waals surface area contributed by atoms with Gasteiger partial charge in [-0.15, -0.1) is 0 Å². The first-order chi connectivity index (χ1) is 20.2. The number of hydrogen-bond donors (Lipinski definition) is 1.